The molecule has 0 saturated carbocycles. The maximum Gasteiger partial charge on any atom is 0.117 e. The third-order valence-electron chi connectivity index (χ3n) is 1.77. The van der Waals surface area contributed by atoms with E-state index in [9.17, 15) is 0 Å². The van der Waals surface area contributed by atoms with Crippen LogP contribution in [-0.4, -0.2) is 17.8 Å². The summed E-state index contributed by atoms with van der Waals surface area (Å²) < 4.78 is 0. The summed E-state index contributed by atoms with van der Waals surface area (Å²) in [5.74, 6) is 0.658. The molecule has 0 radical (unpaired) electrons. The van der Waals surface area contributed by atoms with E-state index in [1.807, 2.05) is 12.1 Å². The molecule has 1 rings (SSSR count). The van der Waals surface area contributed by atoms with Gasteiger partial charge in [0, 0.05) is 12.4 Å². The van der Waals surface area contributed by atoms with Crippen LogP contribution in [0.4, 0.5) is 0 Å². The van der Waals surface area contributed by atoms with Crippen molar-refractivity contribution in [2.75, 3.05) is 6.61 Å². The van der Waals surface area contributed by atoms with Crippen LogP contribution in [0.1, 0.15) is 25.8 Å². The Balaban J connectivity index is 2.21. The highest BCUT2D eigenvalue weighted by Gasteiger charge is 1.92. The smallest absolute Gasteiger partial charge is 0.117 e. The van der Waals surface area contributed by atoms with Crippen molar-refractivity contribution in [3.05, 3.63) is 30.1 Å². The molecule has 0 fully saturated rings. The molecule has 3 heteroatoms. The summed E-state index contributed by atoms with van der Waals surface area (Å²) >= 11 is 0. The Morgan fingerprint density at radius 3 is 2.79 bits per heavy atom. The van der Waals surface area contributed by atoms with E-state index in [1.165, 1.54) is 0 Å². The van der Waals surface area contributed by atoms with Crippen molar-refractivity contribution in [3.8, 4) is 0 Å². The number of rotatable bonds is 5. The second-order valence-corrected chi connectivity index (χ2v) is 3.53. The van der Waals surface area contributed by atoms with Crippen molar-refractivity contribution < 1.29 is 4.84 Å². The molecule has 0 bridgehead atoms. The molecular weight excluding hydrogens is 176 g/mol. The zero-order chi connectivity index (χ0) is 10.2. The van der Waals surface area contributed by atoms with Gasteiger partial charge in [0.15, 0.2) is 0 Å². The Bertz CT molecular complexity index is 270. The first-order valence-electron chi connectivity index (χ1n) is 4.84. The largest absolute Gasteiger partial charge is 0.396 e. The van der Waals surface area contributed by atoms with Gasteiger partial charge in [-0.1, -0.05) is 19.0 Å². The van der Waals surface area contributed by atoms with Gasteiger partial charge in [-0.25, -0.2) is 0 Å². The Hall–Kier alpha value is -1.38. The predicted molar refractivity (Wildman–Crippen MR) is 57.2 cm³/mol. The molecule has 0 aromatic carbocycles. The van der Waals surface area contributed by atoms with Gasteiger partial charge in [-0.15, -0.1) is 0 Å². The van der Waals surface area contributed by atoms with Gasteiger partial charge >= 0.3 is 0 Å². The number of hydrogen-bond donors (Lipinski definition) is 0. The highest BCUT2D eigenvalue weighted by Crippen LogP contribution is 1.99. The number of hydrogen-bond acceptors (Lipinski definition) is 3. The van der Waals surface area contributed by atoms with Gasteiger partial charge in [0.25, 0.3) is 0 Å². The Labute approximate surface area is 84.8 Å². The lowest BCUT2D eigenvalue weighted by atomic mass is 10.1. The second kappa shape index (κ2) is 6.13. The molecule has 0 aliphatic carbocycles. The molecule has 1 heterocycles. The van der Waals surface area contributed by atoms with Crippen LogP contribution in [0.2, 0.25) is 0 Å². The minimum atomic E-state index is 0.658. The van der Waals surface area contributed by atoms with Crippen molar-refractivity contribution in [2.45, 2.75) is 20.3 Å². The Kier molecular flexibility index (Phi) is 4.69. The van der Waals surface area contributed by atoms with Crippen LogP contribution in [-0.2, 0) is 4.84 Å². The van der Waals surface area contributed by atoms with Crippen molar-refractivity contribution in [1.29, 1.82) is 0 Å². The Morgan fingerprint density at radius 2 is 2.14 bits per heavy atom. The fourth-order valence-electron chi connectivity index (χ4n) is 0.889. The van der Waals surface area contributed by atoms with E-state index in [4.69, 9.17) is 4.84 Å². The number of oxime groups is 1. The predicted octanol–water partition coefficient (Wildman–Crippen LogP) is 2.48. The van der Waals surface area contributed by atoms with Crippen molar-refractivity contribution in [1.82, 2.24) is 4.98 Å². The summed E-state index contributed by atoms with van der Waals surface area (Å²) in [4.78, 5) is 9.01. The highest BCUT2D eigenvalue weighted by atomic mass is 16.6. The third kappa shape index (κ3) is 4.60. The van der Waals surface area contributed by atoms with E-state index in [0.717, 1.165) is 12.0 Å². The quantitative estimate of drug-likeness (QED) is 0.408. The van der Waals surface area contributed by atoms with E-state index in [2.05, 4.69) is 24.0 Å². The fraction of sp³-hybridized carbons (Fsp3) is 0.455. The van der Waals surface area contributed by atoms with Crippen molar-refractivity contribution >= 4 is 6.21 Å². The van der Waals surface area contributed by atoms with Crippen molar-refractivity contribution in [3.63, 3.8) is 0 Å². The van der Waals surface area contributed by atoms with Gasteiger partial charge in [0.2, 0.25) is 0 Å². The lowest BCUT2D eigenvalue weighted by Crippen LogP contribution is -1.94. The molecule has 0 saturated heterocycles. The monoisotopic (exact) mass is 192 g/mol. The van der Waals surface area contributed by atoms with E-state index < -0.39 is 0 Å². The van der Waals surface area contributed by atoms with Crippen molar-refractivity contribution in [2.24, 2.45) is 11.1 Å². The lowest BCUT2D eigenvalue weighted by molar-refractivity contribution is 0.134. The first kappa shape index (κ1) is 10.7. The second-order valence-electron chi connectivity index (χ2n) is 3.53. The molecule has 1 aromatic rings. The van der Waals surface area contributed by atoms with Crippen LogP contribution in [0.15, 0.2) is 29.7 Å². The normalized spacial score (nSPS) is 11.1. The van der Waals surface area contributed by atoms with Gasteiger partial charge in [-0.3, -0.25) is 4.98 Å². The molecule has 14 heavy (non-hydrogen) atoms. The van der Waals surface area contributed by atoms with Crippen LogP contribution in [0.25, 0.3) is 0 Å². The minimum absolute atomic E-state index is 0.658. The Morgan fingerprint density at radius 1 is 1.43 bits per heavy atom. The fourth-order valence-corrected chi connectivity index (χ4v) is 0.889. The summed E-state index contributed by atoms with van der Waals surface area (Å²) in [6, 6.07) is 3.77. The molecule has 1 aromatic heterocycles. The minimum Gasteiger partial charge on any atom is -0.396 e. The van der Waals surface area contributed by atoms with E-state index in [-0.39, 0.29) is 0 Å². The third-order valence-corrected chi connectivity index (χ3v) is 1.77. The molecule has 0 unspecified atom stereocenters. The summed E-state index contributed by atoms with van der Waals surface area (Å²) in [5, 5.41) is 3.86. The first-order chi connectivity index (χ1) is 6.79. The van der Waals surface area contributed by atoms with Gasteiger partial charge < -0.3 is 4.84 Å². The lowest BCUT2D eigenvalue weighted by Gasteiger charge is -2.01. The number of nitrogens with zero attached hydrogens (tertiary/aromatic N) is 2. The first-order valence-corrected chi connectivity index (χ1v) is 4.84. The molecule has 76 valence electrons. The SMILES string of the molecule is CC(C)CCON=Cc1ccncc1. The topological polar surface area (TPSA) is 34.5 Å². The molecule has 0 aliphatic rings. The molecule has 0 spiro atoms. The molecule has 0 N–H and O–H groups in total. The summed E-state index contributed by atoms with van der Waals surface area (Å²) in [6.45, 7) is 5.01. The van der Waals surface area contributed by atoms with Crippen LogP contribution < -0.4 is 0 Å². The van der Waals surface area contributed by atoms with Gasteiger partial charge in [0.1, 0.15) is 6.61 Å². The maximum atomic E-state index is 5.10. The van der Waals surface area contributed by atoms with Crippen LogP contribution in [0, 0.1) is 5.92 Å². The summed E-state index contributed by atoms with van der Waals surface area (Å²) in [7, 11) is 0. The molecular formula is C11H16N2O. The van der Waals surface area contributed by atoms with E-state index in [1.54, 1.807) is 18.6 Å². The van der Waals surface area contributed by atoms with Gasteiger partial charge in [0.05, 0.1) is 6.21 Å². The summed E-state index contributed by atoms with van der Waals surface area (Å²) in [6.07, 6.45) is 6.20. The molecule has 0 amide bonds. The van der Waals surface area contributed by atoms with Crippen LogP contribution in [0.3, 0.4) is 0 Å². The number of pyridine rings is 1. The standard InChI is InChI=1S/C11H16N2O/c1-10(2)5-8-14-13-9-11-3-6-12-7-4-11/h3-4,6-7,9-10H,5,8H2,1-2H3. The van der Waals surface area contributed by atoms with Gasteiger partial charge in [-0.05, 0) is 30.0 Å². The maximum absolute atomic E-state index is 5.10. The highest BCUT2D eigenvalue weighted by molar-refractivity contribution is 5.78. The average molecular weight is 192 g/mol. The molecule has 0 atom stereocenters. The molecule has 3 nitrogen and oxygen atoms in total. The number of aromatic nitrogens is 1. The van der Waals surface area contributed by atoms with E-state index >= 15 is 0 Å². The average Bonchev–Trinajstić information content (AvgIpc) is 2.18. The zero-order valence-electron chi connectivity index (χ0n) is 8.68. The van der Waals surface area contributed by atoms with Crippen LogP contribution >= 0.6 is 0 Å². The zero-order valence-corrected chi connectivity index (χ0v) is 8.68. The van der Waals surface area contributed by atoms with Crippen LogP contribution in [0.5, 0.6) is 0 Å². The van der Waals surface area contributed by atoms with E-state index in [0.29, 0.717) is 12.5 Å². The molecule has 0 aliphatic heterocycles. The van der Waals surface area contributed by atoms with Gasteiger partial charge in [-0.2, -0.15) is 0 Å². The summed E-state index contributed by atoms with van der Waals surface area (Å²) in [5.41, 5.74) is 1.00.